The van der Waals surface area contributed by atoms with Gasteiger partial charge in [0, 0.05) is 32.3 Å². The minimum atomic E-state index is 0.509. The second-order valence-electron chi connectivity index (χ2n) is 7.76. The van der Waals surface area contributed by atoms with Crippen molar-refractivity contribution in [2.45, 2.75) is 63.6 Å². The van der Waals surface area contributed by atoms with Crippen molar-refractivity contribution in [3.8, 4) is 0 Å². The summed E-state index contributed by atoms with van der Waals surface area (Å²) in [4.78, 5) is 5.35. The highest BCUT2D eigenvalue weighted by Crippen LogP contribution is 2.36. The van der Waals surface area contributed by atoms with Gasteiger partial charge in [-0.25, -0.2) is 0 Å². The smallest absolute Gasteiger partial charge is 0.0880 e. The summed E-state index contributed by atoms with van der Waals surface area (Å²) in [5.74, 6) is 0. The van der Waals surface area contributed by atoms with Crippen molar-refractivity contribution in [3.05, 3.63) is 23.8 Å². The van der Waals surface area contributed by atoms with E-state index >= 15 is 0 Å². The minimum Gasteiger partial charge on any atom is -0.381 e. The van der Waals surface area contributed by atoms with Gasteiger partial charge < -0.3 is 19.9 Å². The summed E-state index contributed by atoms with van der Waals surface area (Å²) in [6.45, 7) is 5.67. The van der Waals surface area contributed by atoms with Gasteiger partial charge in [0.1, 0.15) is 0 Å². The Bertz CT molecular complexity index is 560. The van der Waals surface area contributed by atoms with E-state index in [0.29, 0.717) is 12.1 Å². The molecule has 1 saturated heterocycles. The zero-order valence-corrected chi connectivity index (χ0v) is 15.1. The van der Waals surface area contributed by atoms with Crippen LogP contribution in [0.15, 0.2) is 18.2 Å². The molecule has 1 aromatic carbocycles. The first-order valence-electron chi connectivity index (χ1n) is 9.62. The van der Waals surface area contributed by atoms with Crippen molar-refractivity contribution < 1.29 is 4.74 Å². The summed E-state index contributed by atoms with van der Waals surface area (Å²) < 4.78 is 5.52. The fourth-order valence-electron chi connectivity index (χ4n) is 4.82. The number of ether oxygens (including phenoxy) is 1. The van der Waals surface area contributed by atoms with Crippen LogP contribution in [0.4, 0.5) is 11.4 Å². The van der Waals surface area contributed by atoms with Crippen LogP contribution in [-0.2, 0) is 4.74 Å². The van der Waals surface area contributed by atoms with Gasteiger partial charge in [0.2, 0.25) is 0 Å². The van der Waals surface area contributed by atoms with Crippen LogP contribution in [0.3, 0.4) is 0 Å². The number of fused-ring (bicyclic) bond motifs is 1. The molecule has 0 atom stereocenters. The van der Waals surface area contributed by atoms with Crippen LogP contribution in [0.25, 0.3) is 0 Å². The largest absolute Gasteiger partial charge is 0.381 e. The number of nitrogens with zero attached hydrogens (tertiary/aromatic N) is 2. The Labute approximate surface area is 146 Å². The second-order valence-corrected chi connectivity index (χ2v) is 7.76. The number of rotatable bonds is 3. The highest BCUT2D eigenvalue weighted by molar-refractivity contribution is 5.75. The number of methoxy groups -OCH3 is 1. The first-order valence-corrected chi connectivity index (χ1v) is 9.62. The van der Waals surface area contributed by atoms with Crippen molar-refractivity contribution in [1.29, 1.82) is 0 Å². The van der Waals surface area contributed by atoms with Crippen LogP contribution in [0, 0.1) is 6.92 Å². The molecule has 24 heavy (non-hydrogen) atoms. The molecule has 0 amide bonds. The van der Waals surface area contributed by atoms with E-state index in [2.05, 4.69) is 40.2 Å². The van der Waals surface area contributed by atoms with Gasteiger partial charge in [0.05, 0.1) is 24.1 Å². The summed E-state index contributed by atoms with van der Waals surface area (Å²) in [7, 11) is 1.86. The summed E-state index contributed by atoms with van der Waals surface area (Å²) >= 11 is 0. The molecule has 3 aliphatic rings. The summed E-state index contributed by atoms with van der Waals surface area (Å²) in [5.41, 5.74) is 4.07. The lowest BCUT2D eigenvalue weighted by Crippen LogP contribution is -2.49. The Morgan fingerprint density at radius 3 is 2.46 bits per heavy atom. The van der Waals surface area contributed by atoms with Crippen LogP contribution < -0.4 is 10.2 Å². The molecule has 0 radical (unpaired) electrons. The molecular formula is C20H31N3O. The molecule has 0 unspecified atom stereocenters. The zero-order valence-electron chi connectivity index (χ0n) is 15.1. The molecule has 1 saturated carbocycles. The molecule has 2 aliphatic heterocycles. The Morgan fingerprint density at radius 2 is 1.75 bits per heavy atom. The second kappa shape index (κ2) is 6.93. The van der Waals surface area contributed by atoms with Crippen molar-refractivity contribution in [1.82, 2.24) is 4.90 Å². The molecule has 4 heteroatoms. The number of nitrogens with one attached hydrogen (secondary N) is 1. The van der Waals surface area contributed by atoms with Gasteiger partial charge in [0.25, 0.3) is 0 Å². The zero-order chi connectivity index (χ0) is 16.5. The molecule has 0 spiro atoms. The van der Waals surface area contributed by atoms with Crippen LogP contribution in [-0.4, -0.2) is 50.0 Å². The lowest BCUT2D eigenvalue weighted by molar-refractivity contribution is 0.0321. The van der Waals surface area contributed by atoms with Gasteiger partial charge in [-0.3, -0.25) is 0 Å². The topological polar surface area (TPSA) is 27.7 Å². The van der Waals surface area contributed by atoms with Crippen LogP contribution in [0.5, 0.6) is 0 Å². The predicted molar refractivity (Wildman–Crippen MR) is 99.8 cm³/mol. The number of piperidine rings is 1. The molecular weight excluding hydrogens is 298 g/mol. The number of aryl methyl sites for hydroxylation is 1. The average molecular weight is 329 g/mol. The lowest BCUT2D eigenvalue weighted by Gasteiger charge is -2.43. The summed E-state index contributed by atoms with van der Waals surface area (Å²) in [5, 5.41) is 3.56. The minimum absolute atomic E-state index is 0.509. The van der Waals surface area contributed by atoms with E-state index in [-0.39, 0.29) is 0 Å². The number of hydrogen-bond donors (Lipinski definition) is 1. The molecule has 4 nitrogen and oxygen atoms in total. The van der Waals surface area contributed by atoms with E-state index in [0.717, 1.165) is 12.7 Å². The van der Waals surface area contributed by atoms with Gasteiger partial charge in [-0.2, -0.15) is 0 Å². The van der Waals surface area contributed by atoms with Gasteiger partial charge in [-0.1, -0.05) is 6.07 Å². The summed E-state index contributed by atoms with van der Waals surface area (Å²) in [6, 6.07) is 8.26. The van der Waals surface area contributed by atoms with Crippen molar-refractivity contribution >= 4 is 11.4 Å². The number of anilines is 2. The third kappa shape index (κ3) is 3.14. The van der Waals surface area contributed by atoms with E-state index in [9.17, 15) is 0 Å². The molecule has 0 aromatic heterocycles. The molecule has 1 N–H and O–H groups in total. The third-order valence-corrected chi connectivity index (χ3v) is 6.34. The van der Waals surface area contributed by atoms with E-state index in [1.807, 2.05) is 7.11 Å². The molecule has 4 rings (SSSR count). The fourth-order valence-corrected chi connectivity index (χ4v) is 4.82. The van der Waals surface area contributed by atoms with Crippen molar-refractivity contribution in [3.63, 3.8) is 0 Å². The predicted octanol–water partition coefficient (Wildman–Crippen LogP) is 3.61. The van der Waals surface area contributed by atoms with Crippen molar-refractivity contribution in [2.24, 2.45) is 0 Å². The fraction of sp³-hybridized carbons (Fsp3) is 0.700. The maximum atomic E-state index is 5.52. The molecule has 0 bridgehead atoms. The van der Waals surface area contributed by atoms with Crippen LogP contribution in [0.1, 0.15) is 44.1 Å². The van der Waals surface area contributed by atoms with Gasteiger partial charge in [-0.05, 0) is 63.1 Å². The Balaban J connectivity index is 1.34. The first kappa shape index (κ1) is 16.2. The van der Waals surface area contributed by atoms with E-state index < -0.39 is 0 Å². The van der Waals surface area contributed by atoms with E-state index in [1.165, 1.54) is 68.6 Å². The Hall–Kier alpha value is -1.26. The van der Waals surface area contributed by atoms with Crippen molar-refractivity contribution in [2.75, 3.05) is 37.1 Å². The average Bonchev–Trinajstić information content (AvgIpc) is 3.05. The first-order chi connectivity index (χ1) is 11.7. The molecule has 132 valence electrons. The summed E-state index contributed by atoms with van der Waals surface area (Å²) in [6.07, 6.45) is 8.20. The molecule has 2 heterocycles. The third-order valence-electron chi connectivity index (χ3n) is 6.34. The highest BCUT2D eigenvalue weighted by atomic mass is 16.5. The van der Waals surface area contributed by atoms with E-state index in [1.54, 1.807) is 0 Å². The monoisotopic (exact) mass is 329 g/mol. The molecule has 1 aromatic rings. The van der Waals surface area contributed by atoms with Crippen LogP contribution in [0.2, 0.25) is 0 Å². The molecule has 2 fully saturated rings. The Kier molecular flexibility index (Phi) is 4.68. The lowest BCUT2D eigenvalue weighted by atomic mass is 9.90. The van der Waals surface area contributed by atoms with Gasteiger partial charge >= 0.3 is 0 Å². The SMILES string of the molecule is COC1CCC(N2CCC(N3CNc4ccc(C)cc43)CC2)CC1. The number of likely N-dealkylation sites (tertiary alicyclic amines) is 1. The maximum Gasteiger partial charge on any atom is 0.0880 e. The Morgan fingerprint density at radius 1 is 1.00 bits per heavy atom. The van der Waals surface area contributed by atoms with E-state index in [4.69, 9.17) is 4.74 Å². The standard InChI is InChI=1S/C20H31N3O/c1-15-3-8-19-20(13-15)23(14-21-19)17-9-11-22(12-10-17)16-4-6-18(24-2)7-5-16/h3,8,13,16-18,21H,4-7,9-12,14H2,1-2H3. The van der Waals surface area contributed by atoms with Crippen LogP contribution >= 0.6 is 0 Å². The quantitative estimate of drug-likeness (QED) is 0.917. The number of hydrogen-bond acceptors (Lipinski definition) is 4. The normalized spacial score (nSPS) is 28.7. The molecule has 1 aliphatic carbocycles. The number of benzene rings is 1. The maximum absolute atomic E-state index is 5.52. The van der Waals surface area contributed by atoms with Gasteiger partial charge in [-0.15, -0.1) is 0 Å². The van der Waals surface area contributed by atoms with Gasteiger partial charge in [0.15, 0.2) is 0 Å². The highest BCUT2D eigenvalue weighted by Gasteiger charge is 2.32.